The first kappa shape index (κ1) is 24.4. The molecule has 180 valence electrons. The van der Waals surface area contributed by atoms with Crippen molar-refractivity contribution in [2.24, 2.45) is 5.73 Å². The molecule has 2 aromatic carbocycles. The van der Waals surface area contributed by atoms with Gasteiger partial charge in [0.25, 0.3) is 0 Å². The summed E-state index contributed by atoms with van der Waals surface area (Å²) in [5.41, 5.74) is 6.62. The lowest BCUT2D eigenvalue weighted by atomic mass is 10.1. The molecule has 0 unspecified atom stereocenters. The smallest absolute Gasteiger partial charge is 0.413 e. The number of carbonyl (C=O) groups excluding carboxylic acids is 1. The molecule has 34 heavy (non-hydrogen) atoms. The second-order valence-electron chi connectivity index (χ2n) is 8.45. The molecular formula is C24H29N5O5. The Kier molecular flexibility index (Phi) is 7.30. The Hall–Kier alpha value is -4.21. The molecule has 0 bridgehead atoms. The number of nitrogens with two attached hydrogens (primary N) is 1. The lowest BCUT2D eigenvalue weighted by Crippen LogP contribution is -2.45. The largest absolute Gasteiger partial charge is 0.497 e. The predicted octanol–water partition coefficient (Wildman–Crippen LogP) is 3.88. The zero-order valence-electron chi connectivity index (χ0n) is 19.6. The third-order valence-electron chi connectivity index (χ3n) is 4.92. The highest BCUT2D eigenvalue weighted by Gasteiger charge is 2.31. The molecule has 0 aliphatic rings. The summed E-state index contributed by atoms with van der Waals surface area (Å²) in [6.07, 6.45) is -1.09. The number of hydrogen-bond acceptors (Lipinski definition) is 5. The number of amides is 3. The number of anilines is 1. The van der Waals surface area contributed by atoms with Gasteiger partial charge in [0.1, 0.15) is 18.1 Å². The van der Waals surface area contributed by atoms with Gasteiger partial charge in [0.05, 0.1) is 25.0 Å². The van der Waals surface area contributed by atoms with Crippen LogP contribution in [-0.2, 0) is 0 Å². The number of nitrogens with one attached hydrogen (secondary N) is 1. The number of aromatic nitrogens is 2. The number of rotatable bonds is 8. The summed E-state index contributed by atoms with van der Waals surface area (Å²) in [4.78, 5) is 24.0. The van der Waals surface area contributed by atoms with Crippen LogP contribution in [0.25, 0.3) is 16.9 Å². The van der Waals surface area contributed by atoms with Crippen LogP contribution in [0.15, 0.2) is 54.6 Å². The molecule has 3 amide bonds. The van der Waals surface area contributed by atoms with Crippen LogP contribution in [0.4, 0.5) is 15.4 Å². The highest BCUT2D eigenvalue weighted by molar-refractivity contribution is 5.87. The maximum Gasteiger partial charge on any atom is 0.413 e. The third kappa shape index (κ3) is 5.77. The van der Waals surface area contributed by atoms with E-state index in [1.54, 1.807) is 30.0 Å². The van der Waals surface area contributed by atoms with Crippen LogP contribution >= 0.6 is 0 Å². The van der Waals surface area contributed by atoms with E-state index in [0.29, 0.717) is 29.6 Å². The summed E-state index contributed by atoms with van der Waals surface area (Å²) in [5.74, 6) is 1.63. The fourth-order valence-corrected chi connectivity index (χ4v) is 3.40. The van der Waals surface area contributed by atoms with Crippen molar-refractivity contribution in [1.82, 2.24) is 15.1 Å². The first-order valence-electron chi connectivity index (χ1n) is 10.6. The average Bonchev–Trinajstić information content (AvgIpc) is 3.20. The summed E-state index contributed by atoms with van der Waals surface area (Å²) >= 11 is 0. The van der Waals surface area contributed by atoms with Gasteiger partial charge in [-0.25, -0.2) is 14.3 Å². The van der Waals surface area contributed by atoms with Crippen molar-refractivity contribution >= 4 is 17.9 Å². The number of ether oxygens (including phenoxy) is 2. The van der Waals surface area contributed by atoms with Crippen molar-refractivity contribution in [3.63, 3.8) is 0 Å². The second kappa shape index (κ2) is 10.2. The fourth-order valence-electron chi connectivity index (χ4n) is 3.40. The standard InChI is InChI=1S/C24H29N5O5/c1-24(2,3)28(23(31)32)21-15-20(29(27-21)17-7-11-18(33-4)12-8-17)16-5-9-19(10-6-16)34-14-13-26-22(25)30/h5-12,15H,13-14H2,1-4H3,(H,31,32)(H3,25,26,30). The van der Waals surface area contributed by atoms with Gasteiger partial charge in [0, 0.05) is 17.2 Å². The molecule has 1 aromatic heterocycles. The fraction of sp³-hybridized carbons (Fsp3) is 0.292. The molecule has 3 rings (SSSR count). The number of hydrogen-bond donors (Lipinski definition) is 3. The van der Waals surface area contributed by atoms with Gasteiger partial charge in [-0.2, -0.15) is 0 Å². The van der Waals surface area contributed by atoms with Crippen molar-refractivity contribution < 1.29 is 24.2 Å². The summed E-state index contributed by atoms with van der Waals surface area (Å²) < 4.78 is 12.6. The van der Waals surface area contributed by atoms with Crippen LogP contribution in [0.1, 0.15) is 20.8 Å². The number of primary amides is 1. The first-order chi connectivity index (χ1) is 16.1. The SMILES string of the molecule is COc1ccc(-n2nc(N(C(=O)O)C(C)(C)C)cc2-c2ccc(OCCNC(N)=O)cc2)cc1. The van der Waals surface area contributed by atoms with E-state index in [-0.39, 0.29) is 6.61 Å². The van der Waals surface area contributed by atoms with E-state index in [1.165, 1.54) is 4.90 Å². The third-order valence-corrected chi connectivity index (χ3v) is 4.92. The minimum Gasteiger partial charge on any atom is -0.497 e. The number of carbonyl (C=O) groups is 2. The summed E-state index contributed by atoms with van der Waals surface area (Å²) in [6, 6.07) is 15.8. The molecule has 0 atom stereocenters. The molecule has 0 saturated heterocycles. The zero-order valence-corrected chi connectivity index (χ0v) is 19.6. The molecule has 0 aliphatic carbocycles. The van der Waals surface area contributed by atoms with E-state index < -0.39 is 17.7 Å². The maximum absolute atomic E-state index is 12.0. The molecular weight excluding hydrogens is 438 g/mol. The van der Waals surface area contributed by atoms with Crippen molar-refractivity contribution in [2.75, 3.05) is 25.2 Å². The molecule has 0 radical (unpaired) electrons. The Labute approximate surface area is 197 Å². The zero-order chi connectivity index (χ0) is 24.9. The predicted molar refractivity (Wildman–Crippen MR) is 129 cm³/mol. The van der Waals surface area contributed by atoms with Crippen molar-refractivity contribution in [2.45, 2.75) is 26.3 Å². The number of carboxylic acid groups (broad SMARTS) is 1. The highest BCUT2D eigenvalue weighted by Crippen LogP contribution is 2.32. The first-order valence-corrected chi connectivity index (χ1v) is 10.6. The average molecular weight is 468 g/mol. The minimum absolute atomic E-state index is 0.273. The minimum atomic E-state index is -1.09. The Bertz CT molecular complexity index is 1130. The Morgan fingerprint density at radius 3 is 2.24 bits per heavy atom. The normalized spacial score (nSPS) is 11.1. The van der Waals surface area contributed by atoms with Gasteiger partial charge in [-0.1, -0.05) is 0 Å². The van der Waals surface area contributed by atoms with Gasteiger partial charge in [0.2, 0.25) is 0 Å². The van der Waals surface area contributed by atoms with E-state index in [4.69, 9.17) is 15.2 Å². The monoisotopic (exact) mass is 467 g/mol. The molecule has 10 heteroatoms. The van der Waals surface area contributed by atoms with Crippen molar-refractivity contribution in [3.8, 4) is 28.4 Å². The molecule has 3 aromatic rings. The summed E-state index contributed by atoms with van der Waals surface area (Å²) in [7, 11) is 1.59. The summed E-state index contributed by atoms with van der Waals surface area (Å²) in [6.45, 7) is 6.00. The Balaban J connectivity index is 1.98. The van der Waals surface area contributed by atoms with Gasteiger partial charge in [-0.05, 0) is 69.3 Å². The van der Waals surface area contributed by atoms with Gasteiger partial charge < -0.3 is 25.6 Å². The lowest BCUT2D eigenvalue weighted by Gasteiger charge is -2.30. The van der Waals surface area contributed by atoms with Gasteiger partial charge >= 0.3 is 12.1 Å². The molecule has 0 saturated carbocycles. The van der Waals surface area contributed by atoms with Gasteiger partial charge in [0.15, 0.2) is 5.82 Å². The topological polar surface area (TPSA) is 132 Å². The quantitative estimate of drug-likeness (QED) is 0.431. The van der Waals surface area contributed by atoms with Crippen LogP contribution in [0, 0.1) is 0 Å². The van der Waals surface area contributed by atoms with E-state index in [9.17, 15) is 14.7 Å². The van der Waals surface area contributed by atoms with E-state index in [2.05, 4.69) is 10.4 Å². The Morgan fingerprint density at radius 1 is 1.09 bits per heavy atom. The molecule has 4 N–H and O–H groups in total. The van der Waals surface area contributed by atoms with Crippen LogP contribution < -0.4 is 25.4 Å². The van der Waals surface area contributed by atoms with Crippen LogP contribution in [0.5, 0.6) is 11.5 Å². The second-order valence-corrected chi connectivity index (χ2v) is 8.45. The van der Waals surface area contributed by atoms with E-state index in [1.807, 2.05) is 57.2 Å². The molecule has 0 fully saturated rings. The van der Waals surface area contributed by atoms with Gasteiger partial charge in [-0.15, -0.1) is 5.10 Å². The maximum atomic E-state index is 12.0. The molecule has 1 heterocycles. The van der Waals surface area contributed by atoms with Gasteiger partial charge in [-0.3, -0.25) is 4.90 Å². The number of methoxy groups -OCH3 is 1. The number of benzene rings is 2. The van der Waals surface area contributed by atoms with Crippen LogP contribution in [0.3, 0.4) is 0 Å². The summed E-state index contributed by atoms with van der Waals surface area (Å²) in [5, 5.41) is 17.0. The number of nitrogens with zero attached hydrogens (tertiary/aromatic N) is 3. The molecule has 10 nitrogen and oxygen atoms in total. The molecule has 0 aliphatic heterocycles. The van der Waals surface area contributed by atoms with E-state index in [0.717, 1.165) is 11.3 Å². The molecule has 0 spiro atoms. The lowest BCUT2D eigenvalue weighted by molar-refractivity contribution is 0.195. The van der Waals surface area contributed by atoms with Crippen molar-refractivity contribution in [1.29, 1.82) is 0 Å². The van der Waals surface area contributed by atoms with Crippen LogP contribution in [0.2, 0.25) is 0 Å². The number of urea groups is 1. The van der Waals surface area contributed by atoms with E-state index >= 15 is 0 Å². The van der Waals surface area contributed by atoms with Crippen molar-refractivity contribution in [3.05, 3.63) is 54.6 Å². The van der Waals surface area contributed by atoms with Crippen LogP contribution in [-0.4, -0.2) is 52.8 Å². The Morgan fingerprint density at radius 2 is 1.71 bits per heavy atom. The highest BCUT2D eigenvalue weighted by atomic mass is 16.5.